The number of fused-ring (bicyclic) bond motifs is 1. The number of nitrogens with zero attached hydrogens (tertiary/aromatic N) is 4. The van der Waals surface area contributed by atoms with Crippen LogP contribution in [-0.2, 0) is 4.79 Å². The fourth-order valence-electron chi connectivity index (χ4n) is 3.59. The summed E-state index contributed by atoms with van der Waals surface area (Å²) in [5, 5.41) is 15.8. The smallest absolute Gasteiger partial charge is 0.283 e. The minimum atomic E-state index is -0.394. The molecule has 1 aromatic heterocycles. The van der Waals surface area contributed by atoms with E-state index in [1.165, 1.54) is 27.9 Å². The molecule has 0 spiro atoms. The van der Waals surface area contributed by atoms with E-state index in [9.17, 15) is 4.79 Å². The SMILES string of the molecule is Cc1ccc(-n2c(C)cc(C=C3C(=N)N4N=C(C(C)C)SC4=NC3=O)c2C)cc1C. The van der Waals surface area contributed by atoms with E-state index in [-0.39, 0.29) is 17.3 Å². The highest BCUT2D eigenvalue weighted by Gasteiger charge is 2.36. The highest BCUT2D eigenvalue weighted by molar-refractivity contribution is 8.27. The third-order valence-electron chi connectivity index (χ3n) is 5.48. The molecule has 7 heteroatoms. The number of carbonyl (C=O) groups excluding carboxylic acids is 1. The molecule has 0 radical (unpaired) electrons. The Morgan fingerprint density at radius 1 is 1.10 bits per heavy atom. The fraction of sp³-hybridized carbons (Fsp3) is 0.304. The first-order chi connectivity index (χ1) is 14.2. The normalized spacial score (nSPS) is 17.7. The zero-order chi connectivity index (χ0) is 21.7. The second-order valence-electron chi connectivity index (χ2n) is 8.04. The summed E-state index contributed by atoms with van der Waals surface area (Å²) in [5.41, 5.74) is 6.81. The van der Waals surface area contributed by atoms with Gasteiger partial charge < -0.3 is 4.57 Å². The van der Waals surface area contributed by atoms with Gasteiger partial charge in [-0.1, -0.05) is 19.9 Å². The van der Waals surface area contributed by atoms with Gasteiger partial charge in [0.2, 0.25) is 5.17 Å². The third-order valence-corrected chi connectivity index (χ3v) is 6.69. The molecule has 154 valence electrons. The molecule has 2 aromatic rings. The van der Waals surface area contributed by atoms with Gasteiger partial charge in [-0.05, 0) is 80.4 Å². The summed E-state index contributed by atoms with van der Waals surface area (Å²) in [4.78, 5) is 16.9. The summed E-state index contributed by atoms with van der Waals surface area (Å²) in [6, 6.07) is 8.43. The number of benzene rings is 1. The van der Waals surface area contributed by atoms with Crippen molar-refractivity contribution in [3.05, 3.63) is 57.9 Å². The molecule has 3 heterocycles. The number of amidine groups is 2. The molecule has 0 bridgehead atoms. The van der Waals surface area contributed by atoms with E-state index in [1.54, 1.807) is 6.08 Å². The van der Waals surface area contributed by atoms with Gasteiger partial charge >= 0.3 is 0 Å². The van der Waals surface area contributed by atoms with Crippen LogP contribution in [0.25, 0.3) is 11.8 Å². The molecule has 4 rings (SSSR count). The highest BCUT2D eigenvalue weighted by atomic mass is 32.2. The molecule has 0 fully saturated rings. The summed E-state index contributed by atoms with van der Waals surface area (Å²) >= 11 is 1.36. The number of carbonyl (C=O) groups is 1. The van der Waals surface area contributed by atoms with E-state index < -0.39 is 5.91 Å². The molecule has 0 saturated carbocycles. The first-order valence-corrected chi connectivity index (χ1v) is 10.8. The number of aliphatic imine (C=N–C) groups is 1. The average Bonchev–Trinajstić information content (AvgIpc) is 3.22. The van der Waals surface area contributed by atoms with Crippen molar-refractivity contribution in [2.24, 2.45) is 16.0 Å². The Bertz CT molecular complexity index is 1180. The van der Waals surface area contributed by atoms with Gasteiger partial charge in [0.15, 0.2) is 5.84 Å². The predicted molar refractivity (Wildman–Crippen MR) is 125 cm³/mol. The molecular formula is C23H25N5OS. The summed E-state index contributed by atoms with van der Waals surface area (Å²) < 4.78 is 2.17. The second-order valence-corrected chi connectivity index (χ2v) is 9.03. The Balaban J connectivity index is 1.75. The van der Waals surface area contributed by atoms with Crippen LogP contribution in [0.4, 0.5) is 0 Å². The number of rotatable bonds is 3. The van der Waals surface area contributed by atoms with Crippen molar-refractivity contribution in [2.45, 2.75) is 41.5 Å². The Morgan fingerprint density at radius 2 is 1.83 bits per heavy atom. The molecule has 1 amide bonds. The van der Waals surface area contributed by atoms with Crippen LogP contribution in [0.1, 0.15) is 41.9 Å². The Morgan fingerprint density at radius 3 is 2.50 bits per heavy atom. The van der Waals surface area contributed by atoms with Crippen LogP contribution in [0.15, 0.2) is 39.9 Å². The van der Waals surface area contributed by atoms with Crippen LogP contribution in [0.3, 0.4) is 0 Å². The average molecular weight is 420 g/mol. The Hall–Kier alpha value is -2.93. The Kier molecular flexibility index (Phi) is 5.02. The van der Waals surface area contributed by atoms with Gasteiger partial charge in [-0.2, -0.15) is 15.1 Å². The standard InChI is InChI=1S/C23H25N5OS/c1-12(2)22-26-28-20(24)19(21(29)25-23(28)30-22)11-17-10-15(5)27(16(17)6)18-8-7-13(3)14(4)9-18/h7-12,24H,1-6H3. The first-order valence-electron chi connectivity index (χ1n) is 9.94. The number of hydrogen-bond acceptors (Lipinski definition) is 4. The minimum Gasteiger partial charge on any atom is -0.318 e. The van der Waals surface area contributed by atoms with Crippen LogP contribution in [-0.4, -0.2) is 31.5 Å². The van der Waals surface area contributed by atoms with Crippen molar-refractivity contribution in [2.75, 3.05) is 0 Å². The lowest BCUT2D eigenvalue weighted by atomic mass is 10.1. The minimum absolute atomic E-state index is 0.0733. The number of nitrogens with one attached hydrogen (secondary N) is 1. The predicted octanol–water partition coefficient (Wildman–Crippen LogP) is 4.99. The number of amides is 1. The van der Waals surface area contributed by atoms with Gasteiger partial charge in [-0.25, -0.2) is 0 Å². The maximum atomic E-state index is 12.7. The van der Waals surface area contributed by atoms with Crippen molar-refractivity contribution in [1.29, 1.82) is 5.41 Å². The van der Waals surface area contributed by atoms with E-state index in [4.69, 9.17) is 5.41 Å². The van der Waals surface area contributed by atoms with E-state index in [0.29, 0.717) is 5.17 Å². The fourth-order valence-corrected chi connectivity index (χ4v) is 4.48. The van der Waals surface area contributed by atoms with Crippen molar-refractivity contribution >= 4 is 39.8 Å². The molecule has 30 heavy (non-hydrogen) atoms. The van der Waals surface area contributed by atoms with Crippen LogP contribution in [0.2, 0.25) is 0 Å². The van der Waals surface area contributed by atoms with Gasteiger partial charge in [-0.3, -0.25) is 10.2 Å². The number of aromatic nitrogens is 1. The molecule has 6 nitrogen and oxygen atoms in total. The number of hydrogen-bond donors (Lipinski definition) is 1. The molecule has 1 aromatic carbocycles. The highest BCUT2D eigenvalue weighted by Crippen LogP contribution is 2.31. The first kappa shape index (κ1) is 20.3. The lowest BCUT2D eigenvalue weighted by Gasteiger charge is -2.20. The van der Waals surface area contributed by atoms with Crippen molar-refractivity contribution in [3.8, 4) is 5.69 Å². The van der Waals surface area contributed by atoms with Crippen molar-refractivity contribution in [1.82, 2.24) is 9.58 Å². The van der Waals surface area contributed by atoms with Crippen molar-refractivity contribution < 1.29 is 4.79 Å². The van der Waals surface area contributed by atoms with Gasteiger partial charge in [0.1, 0.15) is 5.04 Å². The second kappa shape index (κ2) is 7.40. The van der Waals surface area contributed by atoms with Crippen LogP contribution >= 0.6 is 11.8 Å². The zero-order valence-corrected chi connectivity index (χ0v) is 18.9. The van der Waals surface area contributed by atoms with E-state index in [1.807, 2.05) is 33.8 Å². The molecule has 0 saturated heterocycles. The Labute approximate surface area is 180 Å². The molecule has 1 N–H and O–H groups in total. The summed E-state index contributed by atoms with van der Waals surface area (Å²) in [7, 11) is 0. The number of thioether (sulfide) groups is 1. The molecule has 0 aliphatic carbocycles. The van der Waals surface area contributed by atoms with Crippen LogP contribution < -0.4 is 0 Å². The van der Waals surface area contributed by atoms with E-state index >= 15 is 0 Å². The summed E-state index contributed by atoms with van der Waals surface area (Å²) in [5.74, 6) is -0.102. The zero-order valence-electron chi connectivity index (χ0n) is 18.1. The molecule has 0 unspecified atom stereocenters. The van der Waals surface area contributed by atoms with E-state index in [0.717, 1.165) is 27.7 Å². The summed E-state index contributed by atoms with van der Waals surface area (Å²) in [6.07, 6.45) is 1.76. The van der Waals surface area contributed by atoms with Gasteiger partial charge in [0.25, 0.3) is 5.91 Å². The van der Waals surface area contributed by atoms with Gasteiger partial charge in [-0.15, -0.1) is 0 Å². The molecule has 2 aliphatic heterocycles. The quantitative estimate of drug-likeness (QED) is 0.713. The van der Waals surface area contributed by atoms with Crippen molar-refractivity contribution in [3.63, 3.8) is 0 Å². The van der Waals surface area contributed by atoms with E-state index in [2.05, 4.69) is 46.7 Å². The largest absolute Gasteiger partial charge is 0.318 e. The molecule has 2 aliphatic rings. The van der Waals surface area contributed by atoms with Gasteiger partial charge in [0, 0.05) is 23.0 Å². The monoisotopic (exact) mass is 419 g/mol. The van der Waals surface area contributed by atoms with Crippen LogP contribution in [0.5, 0.6) is 0 Å². The third kappa shape index (κ3) is 3.33. The lowest BCUT2D eigenvalue weighted by molar-refractivity contribution is -0.114. The summed E-state index contributed by atoms with van der Waals surface area (Å²) in [6.45, 7) is 12.4. The van der Waals surface area contributed by atoms with Gasteiger partial charge in [0.05, 0.1) is 5.57 Å². The lowest BCUT2D eigenvalue weighted by Crippen LogP contribution is -2.35. The maximum Gasteiger partial charge on any atom is 0.283 e. The molecular weight excluding hydrogens is 394 g/mol. The molecule has 0 atom stereocenters. The maximum absolute atomic E-state index is 12.7. The number of hydrazone groups is 1. The van der Waals surface area contributed by atoms with Crippen LogP contribution in [0, 0.1) is 39.0 Å². The topological polar surface area (TPSA) is 73.8 Å². The number of aryl methyl sites for hydroxylation is 3.